The summed E-state index contributed by atoms with van der Waals surface area (Å²) in [7, 11) is 0. The van der Waals surface area contributed by atoms with Crippen LogP contribution in [0.1, 0.15) is 50.0 Å². The SMILES string of the molecule is C=CCOc1cccc(C(O)c2cc(Cl)ccc2NC(=C)CC(C)(C)C)c1C. The monoisotopic (exact) mass is 399 g/mol. The van der Waals surface area contributed by atoms with E-state index in [1.54, 1.807) is 18.2 Å². The van der Waals surface area contributed by atoms with Gasteiger partial charge in [-0.15, -0.1) is 0 Å². The predicted octanol–water partition coefficient (Wildman–Crippen LogP) is 6.66. The number of anilines is 1. The largest absolute Gasteiger partial charge is 0.489 e. The van der Waals surface area contributed by atoms with Crippen molar-refractivity contribution in [2.75, 3.05) is 11.9 Å². The lowest BCUT2D eigenvalue weighted by Crippen LogP contribution is -2.13. The van der Waals surface area contributed by atoms with Crippen LogP contribution in [-0.2, 0) is 0 Å². The maximum atomic E-state index is 11.2. The molecule has 2 N–H and O–H groups in total. The molecule has 28 heavy (non-hydrogen) atoms. The van der Waals surface area contributed by atoms with E-state index < -0.39 is 6.10 Å². The normalized spacial score (nSPS) is 12.4. The van der Waals surface area contributed by atoms with Crippen molar-refractivity contribution < 1.29 is 9.84 Å². The van der Waals surface area contributed by atoms with Gasteiger partial charge in [-0.05, 0) is 54.2 Å². The molecule has 0 aliphatic carbocycles. The number of nitrogens with one attached hydrogen (secondary N) is 1. The van der Waals surface area contributed by atoms with Crippen molar-refractivity contribution in [3.8, 4) is 5.75 Å². The Morgan fingerprint density at radius 1 is 1.25 bits per heavy atom. The maximum Gasteiger partial charge on any atom is 0.123 e. The second kappa shape index (κ2) is 9.31. The van der Waals surface area contributed by atoms with Gasteiger partial charge in [-0.2, -0.15) is 0 Å². The highest BCUT2D eigenvalue weighted by molar-refractivity contribution is 6.30. The molecule has 1 unspecified atom stereocenters. The van der Waals surface area contributed by atoms with Crippen LogP contribution in [0.5, 0.6) is 5.75 Å². The minimum absolute atomic E-state index is 0.114. The van der Waals surface area contributed by atoms with E-state index in [1.165, 1.54) is 0 Å². The minimum Gasteiger partial charge on any atom is -0.489 e. The highest BCUT2D eigenvalue weighted by Gasteiger charge is 2.20. The molecular weight excluding hydrogens is 370 g/mol. The zero-order chi connectivity index (χ0) is 20.9. The molecule has 0 aliphatic heterocycles. The second-order valence-electron chi connectivity index (χ2n) is 8.17. The van der Waals surface area contributed by atoms with Crippen LogP contribution in [0.2, 0.25) is 5.02 Å². The van der Waals surface area contributed by atoms with Crippen molar-refractivity contribution in [3.05, 3.63) is 83.0 Å². The van der Waals surface area contributed by atoms with Crippen molar-refractivity contribution in [1.29, 1.82) is 0 Å². The molecular formula is C24H30ClNO2. The molecule has 0 bridgehead atoms. The van der Waals surface area contributed by atoms with Crippen molar-refractivity contribution in [3.63, 3.8) is 0 Å². The van der Waals surface area contributed by atoms with Crippen LogP contribution in [0.3, 0.4) is 0 Å². The van der Waals surface area contributed by atoms with Crippen molar-refractivity contribution in [2.24, 2.45) is 5.41 Å². The fourth-order valence-corrected chi connectivity index (χ4v) is 3.33. The lowest BCUT2D eigenvalue weighted by Gasteiger charge is -2.24. The number of hydrogen-bond acceptors (Lipinski definition) is 3. The molecule has 1 atom stereocenters. The van der Waals surface area contributed by atoms with E-state index >= 15 is 0 Å². The Morgan fingerprint density at radius 2 is 1.96 bits per heavy atom. The van der Waals surface area contributed by atoms with E-state index in [0.717, 1.165) is 34.7 Å². The third-order valence-electron chi connectivity index (χ3n) is 4.34. The Balaban J connectivity index is 2.38. The van der Waals surface area contributed by atoms with E-state index in [0.29, 0.717) is 17.2 Å². The summed E-state index contributed by atoms with van der Waals surface area (Å²) >= 11 is 6.23. The van der Waals surface area contributed by atoms with Crippen LogP contribution >= 0.6 is 11.6 Å². The van der Waals surface area contributed by atoms with E-state index in [1.807, 2.05) is 31.2 Å². The lowest BCUT2D eigenvalue weighted by atomic mass is 9.90. The third-order valence-corrected chi connectivity index (χ3v) is 4.58. The molecule has 2 aromatic carbocycles. The Hall–Kier alpha value is -2.23. The molecule has 4 heteroatoms. The first-order valence-corrected chi connectivity index (χ1v) is 9.75. The van der Waals surface area contributed by atoms with Gasteiger partial charge < -0.3 is 15.2 Å². The number of aliphatic hydroxyl groups is 1. The van der Waals surface area contributed by atoms with Crippen molar-refractivity contribution >= 4 is 17.3 Å². The van der Waals surface area contributed by atoms with Gasteiger partial charge in [0.05, 0.1) is 0 Å². The first kappa shape index (κ1) is 22.1. The minimum atomic E-state index is -0.851. The number of benzene rings is 2. The molecule has 150 valence electrons. The number of rotatable bonds is 8. The molecule has 2 aromatic rings. The summed E-state index contributed by atoms with van der Waals surface area (Å²) in [5.74, 6) is 0.727. The Kier molecular flexibility index (Phi) is 7.34. The lowest BCUT2D eigenvalue weighted by molar-refractivity contribution is 0.219. The van der Waals surface area contributed by atoms with Gasteiger partial charge in [0.15, 0.2) is 0 Å². The van der Waals surface area contributed by atoms with Crippen molar-refractivity contribution in [1.82, 2.24) is 0 Å². The van der Waals surface area contributed by atoms with Gasteiger partial charge >= 0.3 is 0 Å². The molecule has 0 amide bonds. The van der Waals surface area contributed by atoms with Gasteiger partial charge in [0, 0.05) is 22.0 Å². The number of aliphatic hydroxyl groups excluding tert-OH is 1. The molecule has 0 saturated heterocycles. The number of allylic oxidation sites excluding steroid dienone is 1. The Labute approximate surface area is 173 Å². The highest BCUT2D eigenvalue weighted by Crippen LogP contribution is 2.36. The van der Waals surface area contributed by atoms with Gasteiger partial charge in [-0.1, -0.05) is 63.7 Å². The van der Waals surface area contributed by atoms with E-state index in [4.69, 9.17) is 16.3 Å². The summed E-state index contributed by atoms with van der Waals surface area (Å²) in [5.41, 5.74) is 4.16. The topological polar surface area (TPSA) is 41.5 Å². The van der Waals surface area contributed by atoms with Gasteiger partial charge in [0.1, 0.15) is 18.5 Å². The summed E-state index contributed by atoms with van der Waals surface area (Å²) in [6.07, 6.45) is 1.66. The quantitative estimate of drug-likeness (QED) is 0.488. The van der Waals surface area contributed by atoms with Gasteiger partial charge in [-0.25, -0.2) is 0 Å². The first-order valence-electron chi connectivity index (χ1n) is 9.38. The summed E-state index contributed by atoms with van der Waals surface area (Å²) in [6, 6.07) is 11.1. The molecule has 0 aliphatic rings. The first-order chi connectivity index (χ1) is 13.1. The molecule has 0 fully saturated rings. The molecule has 0 radical (unpaired) electrons. The zero-order valence-corrected chi connectivity index (χ0v) is 17.9. The zero-order valence-electron chi connectivity index (χ0n) is 17.2. The number of ether oxygens (including phenoxy) is 1. The van der Waals surface area contributed by atoms with Crippen LogP contribution in [0.4, 0.5) is 5.69 Å². The fraction of sp³-hybridized carbons (Fsp3) is 0.333. The molecule has 2 rings (SSSR count). The summed E-state index contributed by atoms with van der Waals surface area (Å²) in [4.78, 5) is 0. The van der Waals surface area contributed by atoms with Crippen LogP contribution in [0.25, 0.3) is 0 Å². The second-order valence-corrected chi connectivity index (χ2v) is 8.61. The Morgan fingerprint density at radius 3 is 2.61 bits per heavy atom. The van der Waals surface area contributed by atoms with E-state index in [-0.39, 0.29) is 5.41 Å². The standard InChI is InChI=1S/C24H30ClNO2/c1-7-13-28-22-10-8-9-19(17(22)3)23(27)20-14-18(25)11-12-21(20)26-16(2)15-24(4,5)6/h7-12,14,23,26-27H,1-2,13,15H2,3-6H3. The highest BCUT2D eigenvalue weighted by atomic mass is 35.5. The molecule has 0 heterocycles. The van der Waals surface area contributed by atoms with Gasteiger partial charge in [0.2, 0.25) is 0 Å². The molecule has 0 aromatic heterocycles. The maximum absolute atomic E-state index is 11.2. The fourth-order valence-electron chi connectivity index (χ4n) is 3.15. The van der Waals surface area contributed by atoms with Crippen LogP contribution in [0.15, 0.2) is 61.3 Å². The number of halogens is 1. The van der Waals surface area contributed by atoms with Crippen LogP contribution in [-0.4, -0.2) is 11.7 Å². The van der Waals surface area contributed by atoms with Crippen LogP contribution < -0.4 is 10.1 Å². The van der Waals surface area contributed by atoms with Crippen molar-refractivity contribution in [2.45, 2.75) is 40.2 Å². The number of hydrogen-bond donors (Lipinski definition) is 2. The smallest absolute Gasteiger partial charge is 0.123 e. The summed E-state index contributed by atoms with van der Waals surface area (Å²) in [6.45, 7) is 16.7. The summed E-state index contributed by atoms with van der Waals surface area (Å²) in [5, 5.41) is 15.1. The third kappa shape index (κ3) is 5.88. The van der Waals surface area contributed by atoms with Crippen LogP contribution in [0, 0.1) is 12.3 Å². The van der Waals surface area contributed by atoms with Gasteiger partial charge in [0.25, 0.3) is 0 Å². The average Bonchev–Trinajstić information content (AvgIpc) is 2.60. The molecule has 3 nitrogen and oxygen atoms in total. The van der Waals surface area contributed by atoms with E-state index in [9.17, 15) is 5.11 Å². The van der Waals surface area contributed by atoms with E-state index in [2.05, 4.69) is 39.2 Å². The predicted molar refractivity (Wildman–Crippen MR) is 119 cm³/mol. The van der Waals surface area contributed by atoms with Gasteiger partial charge in [-0.3, -0.25) is 0 Å². The molecule has 0 saturated carbocycles. The average molecular weight is 400 g/mol. The summed E-state index contributed by atoms with van der Waals surface area (Å²) < 4.78 is 5.70. The molecule has 0 spiro atoms. The Bertz CT molecular complexity index is 852.